The lowest BCUT2D eigenvalue weighted by molar-refractivity contribution is 0.285. The molecule has 1 aliphatic heterocycles. The molecule has 1 aliphatic rings. The minimum Gasteiger partial charge on any atom is -0.312 e. The Bertz CT molecular complexity index is 420. The normalized spacial score (nSPS) is 16.9. The van der Waals surface area contributed by atoms with Gasteiger partial charge in [-0.05, 0) is 37.9 Å². The minimum atomic E-state index is 0.725. The highest BCUT2D eigenvalue weighted by atomic mass is 32.1. The zero-order valence-corrected chi connectivity index (χ0v) is 13.2. The zero-order valence-electron chi connectivity index (χ0n) is 12.4. The van der Waals surface area contributed by atoms with Gasteiger partial charge in [0, 0.05) is 35.9 Å². The first-order chi connectivity index (χ1) is 9.13. The highest BCUT2D eigenvalue weighted by Gasteiger charge is 2.11. The van der Waals surface area contributed by atoms with E-state index in [1.807, 2.05) is 11.3 Å². The van der Waals surface area contributed by atoms with Crippen molar-refractivity contribution in [2.24, 2.45) is 5.92 Å². The summed E-state index contributed by atoms with van der Waals surface area (Å²) in [7, 11) is 0. The van der Waals surface area contributed by atoms with E-state index >= 15 is 0 Å². The predicted molar refractivity (Wildman–Crippen MR) is 84.5 cm³/mol. The zero-order chi connectivity index (χ0) is 13.7. The summed E-state index contributed by atoms with van der Waals surface area (Å²) in [5, 5.41) is 3.51. The minimum absolute atomic E-state index is 0.725. The molecule has 19 heavy (non-hydrogen) atoms. The van der Waals surface area contributed by atoms with Crippen LogP contribution in [0, 0.1) is 5.92 Å². The quantitative estimate of drug-likeness (QED) is 0.799. The average molecular weight is 278 g/mol. The Morgan fingerprint density at radius 1 is 1.32 bits per heavy atom. The summed E-state index contributed by atoms with van der Waals surface area (Å²) < 4.78 is 0. The Hall–Kier alpha value is -0.640. The van der Waals surface area contributed by atoms with Crippen LogP contribution in [0.25, 0.3) is 0 Å². The van der Waals surface area contributed by atoms with E-state index in [1.54, 1.807) is 0 Å². The first kappa shape index (κ1) is 14.8. The molecule has 2 heterocycles. The first-order valence-corrected chi connectivity index (χ1v) is 8.11. The van der Waals surface area contributed by atoms with Gasteiger partial charge in [0.1, 0.15) is 0 Å². The van der Waals surface area contributed by atoms with Crippen LogP contribution in [0.3, 0.4) is 0 Å². The number of thiophene rings is 1. The lowest BCUT2D eigenvalue weighted by Crippen LogP contribution is -2.28. The van der Waals surface area contributed by atoms with E-state index in [0.29, 0.717) is 0 Å². The van der Waals surface area contributed by atoms with Gasteiger partial charge in [0.25, 0.3) is 0 Å². The van der Waals surface area contributed by atoms with Crippen molar-refractivity contribution in [3.8, 4) is 0 Å². The van der Waals surface area contributed by atoms with Crippen LogP contribution >= 0.6 is 11.3 Å². The van der Waals surface area contributed by atoms with Gasteiger partial charge in [-0.3, -0.25) is 4.90 Å². The first-order valence-electron chi connectivity index (χ1n) is 7.30. The lowest BCUT2D eigenvalue weighted by Gasteiger charge is -2.25. The number of hydrogen-bond donors (Lipinski definition) is 1. The van der Waals surface area contributed by atoms with E-state index in [2.05, 4.69) is 49.2 Å². The van der Waals surface area contributed by atoms with Crippen molar-refractivity contribution >= 4 is 11.3 Å². The Kier molecular flexibility index (Phi) is 5.61. The van der Waals surface area contributed by atoms with Gasteiger partial charge in [-0.1, -0.05) is 25.5 Å². The van der Waals surface area contributed by atoms with Gasteiger partial charge in [0.15, 0.2) is 0 Å². The fourth-order valence-electron chi connectivity index (χ4n) is 2.43. The van der Waals surface area contributed by atoms with Gasteiger partial charge >= 0.3 is 0 Å². The average Bonchev–Trinajstić information content (AvgIpc) is 2.76. The fourth-order valence-corrected chi connectivity index (χ4v) is 3.46. The van der Waals surface area contributed by atoms with E-state index < -0.39 is 0 Å². The summed E-state index contributed by atoms with van der Waals surface area (Å²) in [4.78, 5) is 5.50. The molecular formula is C16H26N2S. The Balaban J connectivity index is 1.79. The third-order valence-electron chi connectivity index (χ3n) is 3.36. The molecule has 1 aromatic rings. The van der Waals surface area contributed by atoms with E-state index in [1.165, 1.54) is 28.3 Å². The van der Waals surface area contributed by atoms with Crippen LogP contribution in [0.5, 0.6) is 0 Å². The summed E-state index contributed by atoms with van der Waals surface area (Å²) in [6.07, 6.45) is 3.58. The molecule has 0 fully saturated rings. The molecule has 0 saturated carbocycles. The van der Waals surface area contributed by atoms with Crippen LogP contribution in [0.4, 0.5) is 0 Å². The molecule has 0 spiro atoms. The second-order valence-corrected chi connectivity index (χ2v) is 7.20. The highest BCUT2D eigenvalue weighted by molar-refractivity contribution is 7.11. The third-order valence-corrected chi connectivity index (χ3v) is 4.43. The standard InChI is InChI=1S/C16H26N2S/c1-13(2)9-17-10-15-6-7-16(19-15)12-18-8-4-5-14(3)11-18/h5-7,13,17H,4,8-12H2,1-3H3. The SMILES string of the molecule is CC1=CCCN(Cc2ccc(CNCC(C)C)s2)C1. The number of nitrogens with zero attached hydrogens (tertiary/aromatic N) is 1. The molecule has 0 bridgehead atoms. The maximum Gasteiger partial charge on any atom is 0.0331 e. The summed E-state index contributed by atoms with van der Waals surface area (Å²) >= 11 is 1.96. The molecular weight excluding hydrogens is 252 g/mol. The Labute approximate surface area is 121 Å². The maximum atomic E-state index is 3.51. The summed E-state index contributed by atoms with van der Waals surface area (Å²) in [5.74, 6) is 0.725. The smallest absolute Gasteiger partial charge is 0.0331 e. The monoisotopic (exact) mass is 278 g/mol. The lowest BCUT2D eigenvalue weighted by atomic mass is 10.1. The van der Waals surface area contributed by atoms with Gasteiger partial charge in [0.2, 0.25) is 0 Å². The van der Waals surface area contributed by atoms with Crippen LogP contribution in [-0.2, 0) is 13.1 Å². The molecule has 0 amide bonds. The summed E-state index contributed by atoms with van der Waals surface area (Å²) in [5.41, 5.74) is 1.52. The van der Waals surface area contributed by atoms with E-state index in [0.717, 1.165) is 32.1 Å². The number of hydrogen-bond acceptors (Lipinski definition) is 3. The molecule has 0 atom stereocenters. The van der Waals surface area contributed by atoms with Crippen molar-refractivity contribution in [2.45, 2.75) is 40.3 Å². The molecule has 2 nitrogen and oxygen atoms in total. The largest absolute Gasteiger partial charge is 0.312 e. The Morgan fingerprint density at radius 2 is 2.11 bits per heavy atom. The van der Waals surface area contributed by atoms with Crippen molar-refractivity contribution in [3.05, 3.63) is 33.5 Å². The molecule has 0 radical (unpaired) electrons. The van der Waals surface area contributed by atoms with Gasteiger partial charge in [0.05, 0.1) is 0 Å². The second-order valence-electron chi connectivity index (χ2n) is 5.94. The third kappa shape index (κ3) is 5.09. The van der Waals surface area contributed by atoms with Gasteiger partial charge in [-0.2, -0.15) is 0 Å². The molecule has 106 valence electrons. The van der Waals surface area contributed by atoms with E-state index in [-0.39, 0.29) is 0 Å². The van der Waals surface area contributed by atoms with Gasteiger partial charge < -0.3 is 5.32 Å². The van der Waals surface area contributed by atoms with Crippen LogP contribution in [0.15, 0.2) is 23.8 Å². The molecule has 0 saturated heterocycles. The molecule has 3 heteroatoms. The molecule has 0 aromatic carbocycles. The summed E-state index contributed by atoms with van der Waals surface area (Å²) in [6, 6.07) is 4.57. The summed E-state index contributed by atoms with van der Waals surface area (Å²) in [6.45, 7) is 12.3. The number of nitrogens with one attached hydrogen (secondary N) is 1. The Morgan fingerprint density at radius 3 is 2.84 bits per heavy atom. The van der Waals surface area contributed by atoms with E-state index in [4.69, 9.17) is 0 Å². The van der Waals surface area contributed by atoms with Crippen molar-refractivity contribution in [2.75, 3.05) is 19.6 Å². The molecule has 1 aromatic heterocycles. The van der Waals surface area contributed by atoms with E-state index in [9.17, 15) is 0 Å². The van der Waals surface area contributed by atoms with Crippen LogP contribution in [-0.4, -0.2) is 24.5 Å². The maximum absolute atomic E-state index is 3.51. The fraction of sp³-hybridized carbons (Fsp3) is 0.625. The molecule has 0 unspecified atom stereocenters. The van der Waals surface area contributed by atoms with Gasteiger partial charge in [-0.25, -0.2) is 0 Å². The number of rotatable bonds is 6. The van der Waals surface area contributed by atoms with Crippen molar-refractivity contribution < 1.29 is 0 Å². The predicted octanol–water partition coefficient (Wildman–Crippen LogP) is 3.65. The molecule has 0 aliphatic carbocycles. The van der Waals surface area contributed by atoms with Crippen LogP contribution in [0.1, 0.15) is 36.9 Å². The second kappa shape index (κ2) is 7.22. The van der Waals surface area contributed by atoms with Crippen LogP contribution in [0.2, 0.25) is 0 Å². The molecule has 2 rings (SSSR count). The van der Waals surface area contributed by atoms with Crippen molar-refractivity contribution in [1.82, 2.24) is 10.2 Å². The highest BCUT2D eigenvalue weighted by Crippen LogP contribution is 2.20. The van der Waals surface area contributed by atoms with Gasteiger partial charge in [-0.15, -0.1) is 11.3 Å². The van der Waals surface area contributed by atoms with Crippen molar-refractivity contribution in [3.63, 3.8) is 0 Å². The van der Waals surface area contributed by atoms with Crippen LogP contribution < -0.4 is 5.32 Å². The topological polar surface area (TPSA) is 15.3 Å². The van der Waals surface area contributed by atoms with Crippen molar-refractivity contribution in [1.29, 1.82) is 0 Å². The molecule has 1 N–H and O–H groups in total.